The van der Waals surface area contributed by atoms with Crippen LogP contribution in [0.3, 0.4) is 0 Å². The van der Waals surface area contributed by atoms with E-state index in [2.05, 4.69) is 4.99 Å². The summed E-state index contributed by atoms with van der Waals surface area (Å²) in [5.74, 6) is 0. The average molecular weight is 163 g/mol. The molecule has 64 valence electrons. The van der Waals surface area contributed by atoms with E-state index < -0.39 is 0 Å². The Kier molecular flexibility index (Phi) is 2.33. The van der Waals surface area contributed by atoms with Crippen molar-refractivity contribution in [3.05, 3.63) is 23.3 Å². The molecule has 0 radical (unpaired) electrons. The Morgan fingerprint density at radius 2 is 1.83 bits per heavy atom. The van der Waals surface area contributed by atoms with Gasteiger partial charge in [-0.05, 0) is 25.0 Å². The van der Waals surface area contributed by atoms with E-state index in [1.54, 1.807) is 0 Å². The van der Waals surface area contributed by atoms with Crippen LogP contribution in [0.5, 0.6) is 0 Å². The molecule has 1 aromatic carbocycles. The molecule has 0 aromatic heterocycles. The van der Waals surface area contributed by atoms with Gasteiger partial charge in [-0.2, -0.15) is 0 Å². The minimum Gasteiger partial charge on any atom is -0.397 e. The molecule has 12 heavy (non-hydrogen) atoms. The van der Waals surface area contributed by atoms with Crippen molar-refractivity contribution in [3.63, 3.8) is 0 Å². The summed E-state index contributed by atoms with van der Waals surface area (Å²) < 4.78 is 0. The fourth-order valence-corrected chi connectivity index (χ4v) is 1.06. The second kappa shape index (κ2) is 3.26. The molecule has 0 spiro atoms. The molecule has 0 fully saturated rings. The van der Waals surface area contributed by atoms with Crippen molar-refractivity contribution in [1.29, 1.82) is 0 Å². The van der Waals surface area contributed by atoms with E-state index in [0.29, 0.717) is 5.69 Å². The highest BCUT2D eigenvalue weighted by Gasteiger charge is 2.02. The van der Waals surface area contributed by atoms with E-state index in [-0.39, 0.29) is 0 Å². The number of benzene rings is 1. The van der Waals surface area contributed by atoms with Gasteiger partial charge in [0.1, 0.15) is 0 Å². The van der Waals surface area contributed by atoms with Gasteiger partial charge >= 0.3 is 0 Å². The van der Waals surface area contributed by atoms with Crippen LogP contribution in [0, 0.1) is 13.8 Å². The van der Waals surface area contributed by atoms with Crippen molar-refractivity contribution in [2.24, 2.45) is 10.7 Å². The average Bonchev–Trinajstić information content (AvgIpc) is 2.06. The maximum absolute atomic E-state index is 5.80. The van der Waals surface area contributed by atoms with Gasteiger partial charge in [-0.15, -0.1) is 0 Å². The first kappa shape index (κ1) is 8.59. The molecule has 3 nitrogen and oxygen atoms in total. The summed E-state index contributed by atoms with van der Waals surface area (Å²) in [5, 5.41) is 0. The quantitative estimate of drug-likeness (QED) is 0.374. The molecule has 4 N–H and O–H groups in total. The second-order valence-corrected chi connectivity index (χ2v) is 2.74. The fourth-order valence-electron chi connectivity index (χ4n) is 1.06. The van der Waals surface area contributed by atoms with Crippen LogP contribution in [0.15, 0.2) is 17.1 Å². The minimum absolute atomic E-state index is 0.705. The fraction of sp³-hybridized carbons (Fsp3) is 0.222. The smallest absolute Gasteiger partial charge is 0.0908 e. The third-order valence-electron chi connectivity index (χ3n) is 1.84. The molecule has 0 unspecified atom stereocenters. The molecule has 0 bridgehead atoms. The molecule has 0 heterocycles. The van der Waals surface area contributed by atoms with Crippen LogP contribution >= 0.6 is 0 Å². The maximum Gasteiger partial charge on any atom is 0.0908 e. The molecule has 0 aliphatic carbocycles. The summed E-state index contributed by atoms with van der Waals surface area (Å²) in [6, 6.07) is 3.95. The number of nitrogen functional groups attached to an aromatic ring is 1. The van der Waals surface area contributed by atoms with Crippen molar-refractivity contribution < 1.29 is 0 Å². The molecule has 3 heteroatoms. The molecule has 1 rings (SSSR count). The van der Waals surface area contributed by atoms with E-state index in [1.165, 1.54) is 6.34 Å². The lowest BCUT2D eigenvalue weighted by Gasteiger charge is -2.06. The summed E-state index contributed by atoms with van der Waals surface area (Å²) in [6.07, 6.45) is 1.26. The van der Waals surface area contributed by atoms with Gasteiger partial charge in [0.15, 0.2) is 0 Å². The van der Waals surface area contributed by atoms with Gasteiger partial charge in [-0.1, -0.05) is 12.1 Å². The SMILES string of the molecule is Cc1ccc(C)c(N=CN)c1N. The summed E-state index contributed by atoms with van der Waals surface area (Å²) in [4.78, 5) is 3.99. The zero-order valence-corrected chi connectivity index (χ0v) is 7.33. The Morgan fingerprint density at radius 3 is 2.42 bits per heavy atom. The van der Waals surface area contributed by atoms with Gasteiger partial charge in [0, 0.05) is 0 Å². The van der Waals surface area contributed by atoms with E-state index in [4.69, 9.17) is 11.5 Å². The van der Waals surface area contributed by atoms with Crippen LogP contribution in [0.25, 0.3) is 0 Å². The van der Waals surface area contributed by atoms with E-state index in [1.807, 2.05) is 26.0 Å². The number of anilines is 1. The molecule has 0 saturated carbocycles. The van der Waals surface area contributed by atoms with E-state index in [9.17, 15) is 0 Å². The highest BCUT2D eigenvalue weighted by molar-refractivity contribution is 5.74. The zero-order valence-electron chi connectivity index (χ0n) is 7.33. The lowest BCUT2D eigenvalue weighted by atomic mass is 10.1. The first-order valence-electron chi connectivity index (χ1n) is 3.76. The number of aliphatic imine (C=N–C) groups is 1. The molecule has 0 aliphatic heterocycles. The lowest BCUT2D eigenvalue weighted by molar-refractivity contribution is 1.35. The van der Waals surface area contributed by atoms with Crippen molar-refractivity contribution in [3.8, 4) is 0 Å². The highest BCUT2D eigenvalue weighted by atomic mass is 14.8. The maximum atomic E-state index is 5.80. The molecule has 0 amide bonds. The van der Waals surface area contributed by atoms with Crippen LogP contribution in [0.4, 0.5) is 11.4 Å². The molecule has 0 saturated heterocycles. The second-order valence-electron chi connectivity index (χ2n) is 2.74. The zero-order chi connectivity index (χ0) is 9.14. The Hall–Kier alpha value is -1.51. The Bertz CT molecular complexity index is 316. The predicted octanol–water partition coefficient (Wildman–Crippen LogP) is 1.50. The normalized spacial score (nSPS) is 10.8. The Labute approximate surface area is 72.1 Å². The van der Waals surface area contributed by atoms with Crippen molar-refractivity contribution in [2.75, 3.05) is 5.73 Å². The van der Waals surface area contributed by atoms with Crippen LogP contribution in [-0.4, -0.2) is 6.34 Å². The number of aryl methyl sites for hydroxylation is 2. The monoisotopic (exact) mass is 163 g/mol. The van der Waals surface area contributed by atoms with E-state index in [0.717, 1.165) is 16.8 Å². The van der Waals surface area contributed by atoms with Crippen molar-refractivity contribution in [1.82, 2.24) is 0 Å². The van der Waals surface area contributed by atoms with Crippen molar-refractivity contribution >= 4 is 17.7 Å². The summed E-state index contributed by atoms with van der Waals surface area (Å²) in [7, 11) is 0. The number of hydrogen-bond donors (Lipinski definition) is 2. The first-order chi connectivity index (χ1) is 5.66. The van der Waals surface area contributed by atoms with Crippen LogP contribution < -0.4 is 11.5 Å². The summed E-state index contributed by atoms with van der Waals surface area (Å²) in [5.41, 5.74) is 14.6. The Balaban J connectivity index is 3.32. The predicted molar refractivity (Wildman–Crippen MR) is 52.7 cm³/mol. The molecule has 0 atom stereocenters. The van der Waals surface area contributed by atoms with Gasteiger partial charge < -0.3 is 11.5 Å². The summed E-state index contributed by atoms with van der Waals surface area (Å²) >= 11 is 0. The molecular weight excluding hydrogens is 150 g/mol. The minimum atomic E-state index is 0.705. The molecule has 0 aliphatic rings. The van der Waals surface area contributed by atoms with Gasteiger partial charge in [0.25, 0.3) is 0 Å². The van der Waals surface area contributed by atoms with Gasteiger partial charge in [0.2, 0.25) is 0 Å². The topological polar surface area (TPSA) is 64.4 Å². The van der Waals surface area contributed by atoms with Gasteiger partial charge in [-0.25, -0.2) is 4.99 Å². The lowest BCUT2D eigenvalue weighted by Crippen LogP contribution is -1.94. The number of nitrogens with zero attached hydrogens (tertiary/aromatic N) is 1. The third kappa shape index (κ3) is 1.39. The Morgan fingerprint density at radius 1 is 1.25 bits per heavy atom. The number of rotatable bonds is 1. The first-order valence-corrected chi connectivity index (χ1v) is 3.76. The van der Waals surface area contributed by atoms with E-state index >= 15 is 0 Å². The van der Waals surface area contributed by atoms with Crippen LogP contribution in [0.1, 0.15) is 11.1 Å². The number of hydrogen-bond acceptors (Lipinski definition) is 2. The van der Waals surface area contributed by atoms with Gasteiger partial charge in [0.05, 0.1) is 17.7 Å². The standard InChI is InChI=1S/C9H13N3/c1-6-3-4-7(2)9(8(6)11)12-5-10/h3-5H,11H2,1-2H3,(H2,10,12). The summed E-state index contributed by atoms with van der Waals surface area (Å²) in [6.45, 7) is 3.91. The largest absolute Gasteiger partial charge is 0.397 e. The van der Waals surface area contributed by atoms with Crippen molar-refractivity contribution in [2.45, 2.75) is 13.8 Å². The number of nitrogens with two attached hydrogens (primary N) is 2. The highest BCUT2D eigenvalue weighted by Crippen LogP contribution is 2.28. The molecular formula is C9H13N3. The van der Waals surface area contributed by atoms with Gasteiger partial charge in [-0.3, -0.25) is 0 Å². The molecule has 1 aromatic rings. The van der Waals surface area contributed by atoms with Crippen LogP contribution in [0.2, 0.25) is 0 Å². The van der Waals surface area contributed by atoms with Crippen LogP contribution in [-0.2, 0) is 0 Å². The third-order valence-corrected chi connectivity index (χ3v) is 1.84.